The Morgan fingerprint density at radius 2 is 1.61 bits per heavy atom. The van der Waals surface area contributed by atoms with Gasteiger partial charge in [0.05, 0.1) is 15.6 Å². The molecule has 2 aromatic heterocycles. The molecule has 0 saturated carbocycles. The van der Waals surface area contributed by atoms with Crippen molar-refractivity contribution in [3.63, 3.8) is 0 Å². The number of hydrogen-bond acceptors (Lipinski definition) is 7. The zero-order chi connectivity index (χ0) is 24.6. The molecule has 0 unspecified atom stereocenters. The summed E-state index contributed by atoms with van der Waals surface area (Å²) in [6.07, 6.45) is 0. The number of rotatable bonds is 5. The van der Waals surface area contributed by atoms with Crippen molar-refractivity contribution in [2.75, 3.05) is 5.32 Å². The molecule has 0 spiro atoms. The molecule has 0 aliphatic carbocycles. The first kappa shape index (κ1) is 22.5. The van der Waals surface area contributed by atoms with Crippen LogP contribution in [0.3, 0.4) is 0 Å². The van der Waals surface area contributed by atoms with E-state index in [1.54, 1.807) is 24.3 Å². The summed E-state index contributed by atoms with van der Waals surface area (Å²) in [5.41, 5.74) is 1.10. The predicted octanol–water partition coefficient (Wildman–Crippen LogP) is 8.31. The van der Waals surface area contributed by atoms with E-state index in [1.807, 2.05) is 60.7 Å². The average Bonchev–Trinajstić information content (AvgIpc) is 3.35. The minimum absolute atomic E-state index is 0.355. The van der Waals surface area contributed by atoms with Crippen molar-refractivity contribution in [1.82, 2.24) is 10.2 Å². The molecule has 0 amide bonds. The zero-order valence-electron chi connectivity index (χ0n) is 18.4. The first-order chi connectivity index (χ1) is 17.5. The van der Waals surface area contributed by atoms with Crippen LogP contribution in [-0.2, 0) is 0 Å². The van der Waals surface area contributed by atoms with Crippen LogP contribution in [0.4, 0.5) is 10.8 Å². The van der Waals surface area contributed by atoms with Gasteiger partial charge in [0.15, 0.2) is 5.01 Å². The Kier molecular flexibility index (Phi) is 5.81. The summed E-state index contributed by atoms with van der Waals surface area (Å²) < 4.78 is 11.4. The van der Waals surface area contributed by atoms with Crippen LogP contribution in [-0.4, -0.2) is 10.2 Å². The molecule has 0 bridgehead atoms. The first-order valence-corrected chi connectivity index (χ1v) is 12.4. The molecule has 4 aromatic carbocycles. The van der Waals surface area contributed by atoms with Crippen molar-refractivity contribution in [1.29, 1.82) is 0 Å². The van der Waals surface area contributed by atoms with E-state index in [-0.39, 0.29) is 0 Å². The molecule has 36 heavy (non-hydrogen) atoms. The van der Waals surface area contributed by atoms with Gasteiger partial charge in [-0.1, -0.05) is 83.1 Å². The molecule has 1 N–H and O–H groups in total. The van der Waals surface area contributed by atoms with Crippen LogP contribution < -0.4 is 15.7 Å². The Hall–Kier alpha value is -3.91. The van der Waals surface area contributed by atoms with Crippen molar-refractivity contribution in [3.8, 4) is 22.1 Å². The van der Waals surface area contributed by atoms with Crippen molar-refractivity contribution in [2.24, 2.45) is 0 Å². The Bertz CT molecular complexity index is 1820. The van der Waals surface area contributed by atoms with Gasteiger partial charge >= 0.3 is 5.63 Å². The van der Waals surface area contributed by atoms with E-state index in [4.69, 9.17) is 32.4 Å². The minimum atomic E-state index is -0.465. The highest BCUT2D eigenvalue weighted by atomic mass is 35.5. The Morgan fingerprint density at radius 1 is 0.833 bits per heavy atom. The standard InChI is InChI=1S/C27H15Cl2N3O3S/c28-20-14-17(10-12-22(20)34-23-11-9-15-5-1-3-7-18(15)24(23)29)30-27-32-31-25(36-27)19-13-16-6-2-4-8-21(16)35-26(19)33/h1-14H,(H,30,32). The number of aromatic nitrogens is 2. The minimum Gasteiger partial charge on any atom is -0.454 e. The number of hydrogen-bond donors (Lipinski definition) is 1. The molecule has 6 rings (SSSR count). The molecular formula is C27H15Cl2N3O3S. The van der Waals surface area contributed by atoms with E-state index >= 15 is 0 Å². The fourth-order valence-corrected chi connectivity index (χ4v) is 5.05. The molecule has 9 heteroatoms. The topological polar surface area (TPSA) is 77.2 Å². The summed E-state index contributed by atoms with van der Waals surface area (Å²) in [7, 11) is 0. The second-order valence-corrected chi connectivity index (χ2v) is 9.63. The quantitative estimate of drug-likeness (QED) is 0.225. The van der Waals surface area contributed by atoms with Gasteiger partial charge in [0.1, 0.15) is 17.1 Å². The lowest BCUT2D eigenvalue weighted by Crippen LogP contribution is -2.02. The maximum Gasteiger partial charge on any atom is 0.346 e. The SMILES string of the molecule is O=c1oc2ccccc2cc1-c1nnc(Nc2ccc(Oc3ccc4ccccc4c3Cl)c(Cl)c2)s1. The van der Waals surface area contributed by atoms with Crippen LogP contribution in [0.1, 0.15) is 0 Å². The first-order valence-electron chi connectivity index (χ1n) is 10.8. The van der Waals surface area contributed by atoms with Crippen LogP contribution in [0.15, 0.2) is 94.1 Å². The summed E-state index contributed by atoms with van der Waals surface area (Å²) in [5, 5.41) is 16.1. The highest BCUT2D eigenvalue weighted by Gasteiger charge is 2.15. The van der Waals surface area contributed by atoms with Crippen molar-refractivity contribution in [3.05, 3.63) is 105 Å². The molecule has 0 fully saturated rings. The fourth-order valence-electron chi connectivity index (χ4n) is 3.79. The third kappa shape index (κ3) is 4.28. The molecule has 2 heterocycles. The number of nitrogens with zero attached hydrogens (tertiary/aromatic N) is 2. The van der Waals surface area contributed by atoms with Gasteiger partial charge in [-0.25, -0.2) is 4.79 Å². The van der Waals surface area contributed by atoms with Gasteiger partial charge in [-0.2, -0.15) is 0 Å². The normalized spacial score (nSPS) is 11.2. The van der Waals surface area contributed by atoms with Crippen LogP contribution in [0.2, 0.25) is 10.0 Å². The van der Waals surface area contributed by atoms with E-state index in [0.29, 0.717) is 48.5 Å². The van der Waals surface area contributed by atoms with Crippen LogP contribution in [0.5, 0.6) is 11.5 Å². The largest absolute Gasteiger partial charge is 0.454 e. The van der Waals surface area contributed by atoms with Crippen molar-refractivity contribution in [2.45, 2.75) is 0 Å². The Balaban J connectivity index is 1.23. The highest BCUT2D eigenvalue weighted by molar-refractivity contribution is 7.18. The third-order valence-corrected chi connectivity index (χ3v) is 7.08. The van der Waals surface area contributed by atoms with E-state index < -0.39 is 5.63 Å². The van der Waals surface area contributed by atoms with Crippen LogP contribution in [0.25, 0.3) is 32.3 Å². The van der Waals surface area contributed by atoms with E-state index in [2.05, 4.69) is 15.5 Å². The third-order valence-electron chi connectivity index (χ3n) is 5.53. The second kappa shape index (κ2) is 9.28. The molecule has 0 saturated heterocycles. The van der Waals surface area contributed by atoms with Crippen molar-refractivity contribution < 1.29 is 9.15 Å². The number of ether oxygens (including phenoxy) is 1. The molecule has 0 atom stereocenters. The number of anilines is 2. The van der Waals surface area contributed by atoms with E-state index in [9.17, 15) is 4.79 Å². The Morgan fingerprint density at radius 3 is 2.47 bits per heavy atom. The zero-order valence-corrected chi connectivity index (χ0v) is 20.7. The highest BCUT2D eigenvalue weighted by Crippen LogP contribution is 2.39. The maximum atomic E-state index is 12.4. The number of nitrogens with one attached hydrogen (secondary N) is 1. The van der Waals surface area contributed by atoms with Crippen molar-refractivity contribution >= 4 is 67.1 Å². The van der Waals surface area contributed by atoms with Crippen LogP contribution >= 0.6 is 34.5 Å². The van der Waals surface area contributed by atoms with Gasteiger partial charge in [0, 0.05) is 16.5 Å². The number of benzene rings is 4. The van der Waals surface area contributed by atoms with E-state index in [0.717, 1.165) is 16.2 Å². The summed E-state index contributed by atoms with van der Waals surface area (Å²) in [5.74, 6) is 0.979. The van der Waals surface area contributed by atoms with Crippen LogP contribution in [0, 0.1) is 0 Å². The molecule has 0 aliphatic rings. The fraction of sp³-hybridized carbons (Fsp3) is 0. The number of halogens is 2. The predicted molar refractivity (Wildman–Crippen MR) is 145 cm³/mol. The summed E-state index contributed by atoms with van der Waals surface area (Å²) in [4.78, 5) is 12.4. The summed E-state index contributed by atoms with van der Waals surface area (Å²) >= 11 is 14.3. The molecule has 6 aromatic rings. The molecule has 6 nitrogen and oxygen atoms in total. The molecule has 0 aliphatic heterocycles. The van der Waals surface area contributed by atoms with Gasteiger partial charge in [0.25, 0.3) is 0 Å². The number of para-hydroxylation sites is 1. The van der Waals surface area contributed by atoms with Gasteiger partial charge in [-0.15, -0.1) is 10.2 Å². The van der Waals surface area contributed by atoms with Gasteiger partial charge in [-0.05, 0) is 41.8 Å². The lowest BCUT2D eigenvalue weighted by Gasteiger charge is -2.12. The van der Waals surface area contributed by atoms with Gasteiger partial charge in [0.2, 0.25) is 5.13 Å². The van der Waals surface area contributed by atoms with Gasteiger partial charge < -0.3 is 14.5 Å². The maximum absolute atomic E-state index is 12.4. The Labute approximate surface area is 218 Å². The second-order valence-electron chi connectivity index (χ2n) is 7.87. The average molecular weight is 532 g/mol. The monoisotopic (exact) mass is 531 g/mol. The van der Waals surface area contributed by atoms with E-state index in [1.165, 1.54) is 11.3 Å². The molecule has 176 valence electrons. The smallest absolute Gasteiger partial charge is 0.346 e. The molecular weight excluding hydrogens is 517 g/mol. The lowest BCUT2D eigenvalue weighted by atomic mass is 10.1. The summed E-state index contributed by atoms with van der Waals surface area (Å²) in [6, 6.07) is 25.9. The lowest BCUT2D eigenvalue weighted by molar-refractivity contribution is 0.484. The summed E-state index contributed by atoms with van der Waals surface area (Å²) in [6.45, 7) is 0. The molecule has 0 radical (unpaired) electrons. The van der Waals surface area contributed by atoms with Gasteiger partial charge in [-0.3, -0.25) is 0 Å². The number of fused-ring (bicyclic) bond motifs is 2.